The summed E-state index contributed by atoms with van der Waals surface area (Å²) in [6, 6.07) is 6.58. The molecular weight excluding hydrogens is 314 g/mol. The summed E-state index contributed by atoms with van der Waals surface area (Å²) in [5, 5.41) is 19.5. The van der Waals surface area contributed by atoms with Gasteiger partial charge in [-0.25, -0.2) is 4.79 Å². The Hall–Kier alpha value is -3.05. The molecule has 8 heteroatoms. The summed E-state index contributed by atoms with van der Waals surface area (Å²) in [6.45, 7) is -0.315. The second kappa shape index (κ2) is 7.02. The molecule has 8 nitrogen and oxygen atoms in total. The van der Waals surface area contributed by atoms with Gasteiger partial charge in [0.05, 0.1) is 20.8 Å². The maximum atomic E-state index is 12.2. The van der Waals surface area contributed by atoms with Crippen molar-refractivity contribution in [3.05, 3.63) is 56.4 Å². The molecule has 1 N–H and O–H groups in total. The first-order valence-corrected chi connectivity index (χ1v) is 7.03. The minimum atomic E-state index is -1.20. The molecule has 0 saturated heterocycles. The van der Waals surface area contributed by atoms with E-state index in [0.717, 1.165) is 9.13 Å². The summed E-state index contributed by atoms with van der Waals surface area (Å²) in [6.07, 6.45) is -0.0333. The van der Waals surface area contributed by atoms with E-state index < -0.39 is 17.4 Å². The fourth-order valence-corrected chi connectivity index (χ4v) is 2.34. The van der Waals surface area contributed by atoms with Gasteiger partial charge in [-0.2, -0.15) is 5.26 Å². The minimum Gasteiger partial charge on any atom is -0.497 e. The molecule has 24 heavy (non-hydrogen) atoms. The lowest BCUT2D eigenvalue weighted by Gasteiger charge is -2.17. The number of aryl methyl sites for hydroxylation is 1. The average Bonchev–Trinajstić information content (AvgIpc) is 2.60. The highest BCUT2D eigenvalue weighted by atomic mass is 16.5. The van der Waals surface area contributed by atoms with Crippen molar-refractivity contribution in [2.24, 2.45) is 7.05 Å². The van der Waals surface area contributed by atoms with Crippen LogP contribution < -0.4 is 20.7 Å². The van der Waals surface area contributed by atoms with Crippen molar-refractivity contribution in [2.45, 2.75) is 12.6 Å². The first kappa shape index (κ1) is 17.3. The van der Waals surface area contributed by atoms with Crippen LogP contribution in [-0.4, -0.2) is 28.5 Å². The molecule has 126 valence electrons. The summed E-state index contributed by atoms with van der Waals surface area (Å²) in [5.74, 6) is 0.889. The summed E-state index contributed by atoms with van der Waals surface area (Å²) < 4.78 is 12.2. The maximum Gasteiger partial charge on any atom is 0.330 e. The molecular formula is C16H17N3O5. The Bertz CT molecular complexity index is 907. The largest absolute Gasteiger partial charge is 0.497 e. The second-order valence-electron chi connectivity index (χ2n) is 5.09. The molecule has 0 spiro atoms. The van der Waals surface area contributed by atoms with Crippen LogP contribution in [0.4, 0.5) is 0 Å². The predicted molar refractivity (Wildman–Crippen MR) is 85.2 cm³/mol. The van der Waals surface area contributed by atoms with E-state index in [1.54, 1.807) is 24.3 Å². The molecule has 2 aromatic rings. The third-order valence-corrected chi connectivity index (χ3v) is 3.60. The van der Waals surface area contributed by atoms with Gasteiger partial charge in [0, 0.05) is 18.8 Å². The van der Waals surface area contributed by atoms with Gasteiger partial charge in [-0.1, -0.05) is 0 Å². The fourth-order valence-electron chi connectivity index (χ4n) is 2.34. The number of aliphatic hydroxyl groups is 1. The van der Waals surface area contributed by atoms with Gasteiger partial charge in [-0.3, -0.25) is 9.36 Å². The Morgan fingerprint density at radius 2 is 2.00 bits per heavy atom. The standard InChI is InChI=1S/C16H17N3O5/c1-18-8-10(7-17)15(21)19(16(18)22)9-13(20)12-6-11(23-2)4-5-14(12)24-3/h4-6,8,13,20H,9H2,1-3H3/t13-/m0/s1. The number of methoxy groups -OCH3 is 2. The molecule has 0 aliphatic carbocycles. The molecule has 1 atom stereocenters. The molecule has 0 amide bonds. The zero-order valence-corrected chi connectivity index (χ0v) is 13.5. The monoisotopic (exact) mass is 331 g/mol. The van der Waals surface area contributed by atoms with Crippen molar-refractivity contribution in [1.29, 1.82) is 5.26 Å². The summed E-state index contributed by atoms with van der Waals surface area (Å²) in [5.41, 5.74) is -1.18. The third-order valence-electron chi connectivity index (χ3n) is 3.60. The summed E-state index contributed by atoms with van der Waals surface area (Å²) >= 11 is 0. The van der Waals surface area contributed by atoms with E-state index in [4.69, 9.17) is 14.7 Å². The van der Waals surface area contributed by atoms with Crippen LogP contribution in [0.5, 0.6) is 11.5 Å². The zero-order valence-electron chi connectivity index (χ0n) is 13.5. The zero-order chi connectivity index (χ0) is 17.9. The van der Waals surface area contributed by atoms with Crippen molar-refractivity contribution in [3.8, 4) is 17.6 Å². The quantitative estimate of drug-likeness (QED) is 0.837. The topological polar surface area (TPSA) is 106 Å². The molecule has 0 saturated carbocycles. The Kier molecular flexibility index (Phi) is 5.06. The van der Waals surface area contributed by atoms with Crippen LogP contribution in [0.15, 0.2) is 34.0 Å². The van der Waals surface area contributed by atoms with Crippen molar-refractivity contribution >= 4 is 0 Å². The van der Waals surface area contributed by atoms with Gasteiger partial charge in [0.2, 0.25) is 0 Å². The predicted octanol–water partition coefficient (Wildman–Crippen LogP) is 0.169. The van der Waals surface area contributed by atoms with Crippen LogP contribution >= 0.6 is 0 Å². The number of aromatic nitrogens is 2. The van der Waals surface area contributed by atoms with Crippen LogP contribution in [0.25, 0.3) is 0 Å². The van der Waals surface area contributed by atoms with Gasteiger partial charge >= 0.3 is 5.69 Å². The average molecular weight is 331 g/mol. The molecule has 2 rings (SSSR count). The molecule has 0 aliphatic rings. The van der Waals surface area contributed by atoms with Gasteiger partial charge in [0.25, 0.3) is 5.56 Å². The van der Waals surface area contributed by atoms with Gasteiger partial charge in [0.1, 0.15) is 29.2 Å². The van der Waals surface area contributed by atoms with E-state index in [-0.39, 0.29) is 12.1 Å². The normalized spacial score (nSPS) is 11.6. The van der Waals surface area contributed by atoms with E-state index in [2.05, 4.69) is 0 Å². The molecule has 1 heterocycles. The Morgan fingerprint density at radius 3 is 2.58 bits per heavy atom. The third kappa shape index (κ3) is 3.16. The first-order valence-electron chi connectivity index (χ1n) is 7.03. The smallest absolute Gasteiger partial charge is 0.330 e. The van der Waals surface area contributed by atoms with Gasteiger partial charge in [0.15, 0.2) is 0 Å². The van der Waals surface area contributed by atoms with E-state index in [1.807, 2.05) is 0 Å². The highest BCUT2D eigenvalue weighted by molar-refractivity contribution is 5.41. The first-order chi connectivity index (χ1) is 11.4. The van der Waals surface area contributed by atoms with Crippen LogP contribution in [0.1, 0.15) is 17.2 Å². The number of hydrogen-bond donors (Lipinski definition) is 1. The minimum absolute atomic E-state index is 0.179. The van der Waals surface area contributed by atoms with Crippen LogP contribution in [0.2, 0.25) is 0 Å². The number of aliphatic hydroxyl groups excluding tert-OH is 1. The van der Waals surface area contributed by atoms with Crippen molar-refractivity contribution < 1.29 is 14.6 Å². The molecule has 1 aromatic carbocycles. The number of nitrogens with zero attached hydrogens (tertiary/aromatic N) is 3. The number of hydrogen-bond acceptors (Lipinski definition) is 6. The lowest BCUT2D eigenvalue weighted by Crippen LogP contribution is -2.41. The lowest BCUT2D eigenvalue weighted by atomic mass is 10.1. The van der Waals surface area contributed by atoms with Gasteiger partial charge < -0.3 is 19.1 Å². The SMILES string of the molecule is COc1ccc(OC)c([C@@H](O)Cn2c(=O)c(C#N)cn(C)c2=O)c1. The number of rotatable bonds is 5. The van der Waals surface area contributed by atoms with Crippen LogP contribution in [0.3, 0.4) is 0 Å². The molecule has 0 aliphatic heterocycles. The van der Waals surface area contributed by atoms with E-state index in [0.29, 0.717) is 17.1 Å². The molecule has 0 radical (unpaired) electrons. The molecule has 0 unspecified atom stereocenters. The lowest BCUT2D eigenvalue weighted by molar-refractivity contribution is 0.148. The van der Waals surface area contributed by atoms with Crippen molar-refractivity contribution in [2.75, 3.05) is 14.2 Å². The highest BCUT2D eigenvalue weighted by Crippen LogP contribution is 2.29. The number of nitriles is 1. The number of ether oxygens (including phenoxy) is 2. The summed E-state index contributed by atoms with van der Waals surface area (Å²) in [4.78, 5) is 24.3. The van der Waals surface area contributed by atoms with Crippen LogP contribution in [0, 0.1) is 11.3 Å². The Balaban J connectivity index is 2.50. The molecule has 0 bridgehead atoms. The van der Waals surface area contributed by atoms with E-state index in [9.17, 15) is 14.7 Å². The van der Waals surface area contributed by atoms with Gasteiger partial charge in [-0.15, -0.1) is 0 Å². The summed E-state index contributed by atoms with van der Waals surface area (Å²) in [7, 11) is 4.35. The highest BCUT2D eigenvalue weighted by Gasteiger charge is 2.19. The van der Waals surface area contributed by atoms with E-state index >= 15 is 0 Å². The molecule has 1 aromatic heterocycles. The fraction of sp³-hybridized carbons (Fsp3) is 0.312. The van der Waals surface area contributed by atoms with Gasteiger partial charge in [-0.05, 0) is 18.2 Å². The van der Waals surface area contributed by atoms with Crippen LogP contribution in [-0.2, 0) is 13.6 Å². The Morgan fingerprint density at radius 1 is 1.29 bits per heavy atom. The van der Waals surface area contributed by atoms with E-state index in [1.165, 1.54) is 27.5 Å². The maximum absolute atomic E-state index is 12.2. The second-order valence-corrected chi connectivity index (χ2v) is 5.09. The molecule has 0 fully saturated rings. The Labute approximate surface area is 137 Å². The number of benzene rings is 1. The van der Waals surface area contributed by atoms with Crippen molar-refractivity contribution in [3.63, 3.8) is 0 Å². The van der Waals surface area contributed by atoms with Crippen molar-refractivity contribution in [1.82, 2.24) is 9.13 Å².